The highest BCUT2D eigenvalue weighted by Gasteiger charge is 1.99. The third-order valence-electron chi connectivity index (χ3n) is 1.46. The molecule has 1 aromatic rings. The van der Waals surface area contributed by atoms with Crippen molar-refractivity contribution >= 4 is 19.1 Å². The van der Waals surface area contributed by atoms with Crippen LogP contribution in [0, 0.1) is 6.92 Å². The molecular formula is C8H11BN2. The first-order valence-electron chi connectivity index (χ1n) is 3.50. The number of hydrogen-bond donors (Lipinski definition) is 0. The van der Waals surface area contributed by atoms with Gasteiger partial charge in [-0.25, -0.2) is 4.98 Å². The number of hydrogen-bond acceptors (Lipinski definition) is 2. The molecule has 11 heavy (non-hydrogen) atoms. The highest BCUT2D eigenvalue weighted by Crippen LogP contribution is 2.02. The van der Waals surface area contributed by atoms with E-state index >= 15 is 0 Å². The minimum absolute atomic E-state index is 0.731. The normalized spacial score (nSPS) is 9.73. The van der Waals surface area contributed by atoms with Crippen molar-refractivity contribution in [2.45, 2.75) is 6.92 Å². The van der Waals surface area contributed by atoms with Crippen LogP contribution in [0.5, 0.6) is 0 Å². The van der Waals surface area contributed by atoms with Gasteiger partial charge in [-0.3, -0.25) is 0 Å². The van der Waals surface area contributed by atoms with E-state index in [0.717, 1.165) is 16.8 Å². The van der Waals surface area contributed by atoms with Crippen LogP contribution in [0.4, 0.5) is 5.82 Å². The van der Waals surface area contributed by atoms with Crippen LogP contribution in [0.25, 0.3) is 0 Å². The summed E-state index contributed by atoms with van der Waals surface area (Å²) in [6, 6.07) is 1.92. The summed E-state index contributed by atoms with van der Waals surface area (Å²) in [6.07, 6.45) is 1.81. The maximum atomic E-state index is 5.72. The van der Waals surface area contributed by atoms with Gasteiger partial charge in [0.2, 0.25) is 0 Å². The monoisotopic (exact) mass is 146 g/mol. The zero-order valence-electron chi connectivity index (χ0n) is 7.13. The predicted molar refractivity (Wildman–Crippen MR) is 48.7 cm³/mol. The lowest BCUT2D eigenvalue weighted by Gasteiger charge is -2.14. The van der Waals surface area contributed by atoms with E-state index < -0.39 is 0 Å². The van der Waals surface area contributed by atoms with Gasteiger partial charge in [-0.05, 0) is 12.5 Å². The molecule has 3 heteroatoms. The van der Waals surface area contributed by atoms with Crippen LogP contribution < -0.4 is 10.4 Å². The molecular weight excluding hydrogens is 135 g/mol. The van der Waals surface area contributed by atoms with E-state index in [4.69, 9.17) is 7.85 Å². The maximum Gasteiger partial charge on any atom is 0.120 e. The molecule has 0 spiro atoms. The lowest BCUT2D eigenvalue weighted by Crippen LogP contribution is -2.21. The zero-order chi connectivity index (χ0) is 8.43. The number of nitrogens with zero attached hydrogens (tertiary/aromatic N) is 2. The van der Waals surface area contributed by atoms with Gasteiger partial charge in [0.25, 0.3) is 0 Å². The van der Waals surface area contributed by atoms with Crippen LogP contribution >= 0.6 is 0 Å². The molecule has 0 amide bonds. The van der Waals surface area contributed by atoms with Crippen molar-refractivity contribution in [1.29, 1.82) is 0 Å². The van der Waals surface area contributed by atoms with Crippen LogP contribution in [0.2, 0.25) is 0 Å². The summed E-state index contributed by atoms with van der Waals surface area (Å²) in [5.74, 6) is 0.829. The van der Waals surface area contributed by atoms with Gasteiger partial charge in [0.1, 0.15) is 13.7 Å². The molecule has 2 nitrogen and oxygen atoms in total. The first-order valence-corrected chi connectivity index (χ1v) is 3.50. The quantitative estimate of drug-likeness (QED) is 0.528. The fraction of sp³-hybridized carbons (Fsp3) is 0.375. The molecule has 0 aromatic carbocycles. The van der Waals surface area contributed by atoms with E-state index in [1.807, 2.05) is 38.2 Å². The van der Waals surface area contributed by atoms with Crippen molar-refractivity contribution in [2.24, 2.45) is 0 Å². The number of anilines is 1. The SMILES string of the molecule is [B]c1cc(C)cnc1N(C)C. The molecule has 0 saturated heterocycles. The Morgan fingerprint density at radius 3 is 2.55 bits per heavy atom. The molecule has 0 bridgehead atoms. The minimum atomic E-state index is 0.731. The second-order valence-electron chi connectivity index (χ2n) is 2.82. The number of rotatable bonds is 1. The van der Waals surface area contributed by atoms with Crippen LogP contribution in [0.1, 0.15) is 5.56 Å². The van der Waals surface area contributed by atoms with Gasteiger partial charge < -0.3 is 4.90 Å². The second kappa shape index (κ2) is 2.95. The largest absolute Gasteiger partial charge is 0.363 e. The molecule has 2 radical (unpaired) electrons. The highest BCUT2D eigenvalue weighted by atomic mass is 15.1. The molecule has 1 rings (SSSR count). The van der Waals surface area contributed by atoms with Crippen molar-refractivity contribution in [3.05, 3.63) is 17.8 Å². The lowest BCUT2D eigenvalue weighted by atomic mass is 9.95. The van der Waals surface area contributed by atoms with Crippen molar-refractivity contribution in [2.75, 3.05) is 19.0 Å². The van der Waals surface area contributed by atoms with E-state index in [1.54, 1.807) is 0 Å². The molecule has 1 aromatic heterocycles. The first-order chi connectivity index (χ1) is 5.11. The molecule has 56 valence electrons. The van der Waals surface area contributed by atoms with Gasteiger partial charge >= 0.3 is 0 Å². The van der Waals surface area contributed by atoms with Crippen molar-refractivity contribution in [1.82, 2.24) is 4.98 Å². The molecule has 1 heterocycles. The van der Waals surface area contributed by atoms with Crippen LogP contribution in [0.15, 0.2) is 12.3 Å². The molecule has 0 unspecified atom stereocenters. The number of aromatic nitrogens is 1. The van der Waals surface area contributed by atoms with Crippen molar-refractivity contribution in [3.63, 3.8) is 0 Å². The average Bonchev–Trinajstić information content (AvgIpc) is 1.85. The van der Waals surface area contributed by atoms with Gasteiger partial charge in [0.15, 0.2) is 0 Å². The standard InChI is InChI=1S/C8H11BN2/c1-6-4-7(9)8(10-5-6)11(2)3/h4-5H,1-3H3. The Labute approximate surface area is 68.7 Å². The van der Waals surface area contributed by atoms with Gasteiger partial charge in [0, 0.05) is 20.3 Å². The van der Waals surface area contributed by atoms with E-state index in [1.165, 1.54) is 0 Å². The van der Waals surface area contributed by atoms with E-state index in [-0.39, 0.29) is 0 Å². The summed E-state index contributed by atoms with van der Waals surface area (Å²) < 4.78 is 0. The highest BCUT2D eigenvalue weighted by molar-refractivity contribution is 6.35. The van der Waals surface area contributed by atoms with Gasteiger partial charge in [-0.1, -0.05) is 11.5 Å². The Balaban J connectivity index is 3.09. The van der Waals surface area contributed by atoms with Crippen LogP contribution in [-0.4, -0.2) is 26.9 Å². The third-order valence-corrected chi connectivity index (χ3v) is 1.46. The maximum absolute atomic E-state index is 5.72. The van der Waals surface area contributed by atoms with Crippen LogP contribution in [0.3, 0.4) is 0 Å². The Hall–Kier alpha value is -0.985. The summed E-state index contributed by atoms with van der Waals surface area (Å²) in [5.41, 5.74) is 1.82. The molecule has 0 aliphatic carbocycles. The smallest absolute Gasteiger partial charge is 0.120 e. The Morgan fingerprint density at radius 1 is 1.45 bits per heavy atom. The lowest BCUT2D eigenvalue weighted by molar-refractivity contribution is 1.07. The Bertz CT molecular complexity index is 258. The fourth-order valence-corrected chi connectivity index (χ4v) is 0.958. The summed E-state index contributed by atoms with van der Waals surface area (Å²) >= 11 is 0. The predicted octanol–water partition coefficient (Wildman–Crippen LogP) is 0.250. The third kappa shape index (κ3) is 1.73. The molecule has 0 aliphatic rings. The molecule has 0 N–H and O–H groups in total. The molecule has 0 aliphatic heterocycles. The summed E-state index contributed by atoms with van der Waals surface area (Å²) in [6.45, 7) is 1.98. The topological polar surface area (TPSA) is 16.1 Å². The van der Waals surface area contributed by atoms with Crippen molar-refractivity contribution < 1.29 is 0 Å². The van der Waals surface area contributed by atoms with Gasteiger partial charge in [0.05, 0.1) is 0 Å². The summed E-state index contributed by atoms with van der Waals surface area (Å²) in [7, 11) is 9.57. The Morgan fingerprint density at radius 2 is 2.09 bits per heavy atom. The van der Waals surface area contributed by atoms with E-state index in [9.17, 15) is 0 Å². The minimum Gasteiger partial charge on any atom is -0.363 e. The zero-order valence-corrected chi connectivity index (χ0v) is 7.13. The fourth-order valence-electron chi connectivity index (χ4n) is 0.958. The summed E-state index contributed by atoms with van der Waals surface area (Å²) in [4.78, 5) is 6.08. The average molecular weight is 146 g/mol. The van der Waals surface area contributed by atoms with E-state index in [0.29, 0.717) is 0 Å². The number of pyridine rings is 1. The first kappa shape index (κ1) is 8.11. The molecule has 0 saturated carbocycles. The van der Waals surface area contributed by atoms with Gasteiger partial charge in [-0.15, -0.1) is 0 Å². The summed E-state index contributed by atoms with van der Waals surface area (Å²) in [5, 5.41) is 0. The van der Waals surface area contributed by atoms with Crippen molar-refractivity contribution in [3.8, 4) is 0 Å². The number of aryl methyl sites for hydroxylation is 1. The second-order valence-corrected chi connectivity index (χ2v) is 2.82. The Kier molecular flexibility index (Phi) is 2.18. The van der Waals surface area contributed by atoms with E-state index in [2.05, 4.69) is 4.98 Å². The molecule has 0 atom stereocenters. The van der Waals surface area contributed by atoms with Crippen LogP contribution in [-0.2, 0) is 0 Å². The van der Waals surface area contributed by atoms with Gasteiger partial charge in [-0.2, -0.15) is 0 Å². The molecule has 0 fully saturated rings.